The molecule has 3 aromatic rings. The first-order valence-electron chi connectivity index (χ1n) is 8.67. The van der Waals surface area contributed by atoms with E-state index >= 15 is 0 Å². The quantitative estimate of drug-likeness (QED) is 0.332. The molecule has 0 bridgehead atoms. The number of furan rings is 1. The molecule has 0 saturated heterocycles. The van der Waals surface area contributed by atoms with Crippen molar-refractivity contribution < 1.29 is 22.4 Å². The van der Waals surface area contributed by atoms with Gasteiger partial charge >= 0.3 is 6.18 Å². The Balaban J connectivity index is 1.69. The first kappa shape index (κ1) is 22.5. The lowest BCUT2D eigenvalue weighted by Gasteiger charge is -2.32. The number of rotatable bonds is 3. The Morgan fingerprint density at radius 1 is 1.23 bits per heavy atom. The van der Waals surface area contributed by atoms with Gasteiger partial charge in [-0.1, -0.05) is 23.2 Å². The summed E-state index contributed by atoms with van der Waals surface area (Å²) in [4.78, 5) is 12.7. The van der Waals surface area contributed by atoms with Gasteiger partial charge in [-0.05, 0) is 62.2 Å². The predicted octanol–water partition coefficient (Wildman–Crippen LogP) is 7.22. The second kappa shape index (κ2) is 8.34. The van der Waals surface area contributed by atoms with Gasteiger partial charge in [0.25, 0.3) is 5.91 Å². The van der Waals surface area contributed by atoms with Crippen molar-refractivity contribution in [3.05, 3.63) is 61.0 Å². The van der Waals surface area contributed by atoms with Crippen molar-refractivity contribution in [1.29, 1.82) is 0 Å². The van der Waals surface area contributed by atoms with Gasteiger partial charge in [-0.15, -0.1) is 0 Å². The lowest BCUT2D eigenvalue weighted by Crippen LogP contribution is -2.35. The topological polar surface area (TPSA) is 72.1 Å². The molecular weight excluding hydrogens is 592 g/mol. The van der Waals surface area contributed by atoms with E-state index in [1.165, 1.54) is 18.2 Å². The molecule has 0 spiro atoms. The zero-order valence-electron chi connectivity index (χ0n) is 15.1. The average Bonchev–Trinajstić information content (AvgIpc) is 3.27. The smallest absolute Gasteiger partial charge is 0.410 e. The number of nitrogens with one attached hydrogen (secondary N) is 2. The molecule has 0 fully saturated rings. The molecule has 6 nitrogen and oxygen atoms in total. The fourth-order valence-electron chi connectivity index (χ4n) is 3.20. The molecule has 4 rings (SSSR count). The molecule has 31 heavy (non-hydrogen) atoms. The van der Waals surface area contributed by atoms with E-state index < -0.39 is 24.2 Å². The van der Waals surface area contributed by atoms with Crippen molar-refractivity contribution in [2.45, 2.75) is 24.7 Å². The number of alkyl halides is 3. The predicted molar refractivity (Wildman–Crippen MR) is 117 cm³/mol. The standard InChI is InChI=1S/C18H11Br2Cl2F3N4O2/c19-13-4-3-11(31-13)10-6-12(18(23,24)25)29-16(27-10)14(20)15(28-29)17(30)26-7-1-2-8(21)9(22)5-7/h1-5,10,12,27H,6H2,(H,26,30)/t10-,12+/m0/s1. The second-order valence-electron chi connectivity index (χ2n) is 6.67. The maximum absolute atomic E-state index is 13.8. The molecule has 0 unspecified atom stereocenters. The van der Waals surface area contributed by atoms with Crippen LogP contribution in [0.15, 0.2) is 43.9 Å². The Labute approximate surface area is 200 Å². The van der Waals surface area contributed by atoms with Crippen molar-refractivity contribution in [3.63, 3.8) is 0 Å². The van der Waals surface area contributed by atoms with E-state index in [1.807, 2.05) is 0 Å². The molecule has 1 aliphatic heterocycles. The normalized spacial score (nSPS) is 18.4. The molecule has 3 heterocycles. The molecule has 0 aliphatic carbocycles. The Morgan fingerprint density at radius 3 is 2.58 bits per heavy atom. The van der Waals surface area contributed by atoms with Crippen molar-refractivity contribution >= 4 is 72.5 Å². The highest BCUT2D eigenvalue weighted by Gasteiger charge is 2.48. The molecule has 0 saturated carbocycles. The van der Waals surface area contributed by atoms with Crippen LogP contribution in [-0.4, -0.2) is 21.9 Å². The van der Waals surface area contributed by atoms with E-state index in [-0.39, 0.29) is 27.4 Å². The van der Waals surface area contributed by atoms with Crippen LogP contribution < -0.4 is 10.6 Å². The van der Waals surface area contributed by atoms with Gasteiger partial charge in [-0.3, -0.25) is 4.79 Å². The summed E-state index contributed by atoms with van der Waals surface area (Å²) < 4.78 is 48.1. The Kier molecular flexibility index (Phi) is 6.06. The van der Waals surface area contributed by atoms with Gasteiger partial charge in [-0.25, -0.2) is 4.68 Å². The highest BCUT2D eigenvalue weighted by atomic mass is 79.9. The van der Waals surface area contributed by atoms with Crippen molar-refractivity contribution in [2.75, 3.05) is 10.6 Å². The number of amides is 1. The number of halogens is 7. The van der Waals surface area contributed by atoms with Crippen molar-refractivity contribution in [3.8, 4) is 0 Å². The minimum atomic E-state index is -4.60. The summed E-state index contributed by atoms with van der Waals surface area (Å²) in [5, 5.41) is 9.99. The Bertz CT molecular complexity index is 1170. The van der Waals surface area contributed by atoms with E-state index in [4.69, 9.17) is 27.6 Å². The zero-order chi connectivity index (χ0) is 22.5. The van der Waals surface area contributed by atoms with Gasteiger partial charge < -0.3 is 15.1 Å². The largest absolute Gasteiger partial charge is 0.452 e. The summed E-state index contributed by atoms with van der Waals surface area (Å²) in [5.41, 5.74) is 0.0972. The summed E-state index contributed by atoms with van der Waals surface area (Å²) in [5.74, 6) is -0.375. The maximum Gasteiger partial charge on any atom is 0.410 e. The number of carbonyl (C=O) groups excluding carboxylic acids is 1. The van der Waals surface area contributed by atoms with E-state index in [9.17, 15) is 18.0 Å². The number of nitrogens with zero attached hydrogens (tertiary/aromatic N) is 2. The number of hydrogen-bond acceptors (Lipinski definition) is 4. The van der Waals surface area contributed by atoms with Crippen LogP contribution in [0.2, 0.25) is 10.0 Å². The first-order valence-corrected chi connectivity index (χ1v) is 11.0. The number of aromatic nitrogens is 2. The zero-order valence-corrected chi connectivity index (χ0v) is 19.8. The lowest BCUT2D eigenvalue weighted by molar-refractivity contribution is -0.174. The third-order valence-corrected chi connectivity index (χ3v) is 6.54. The highest BCUT2D eigenvalue weighted by molar-refractivity contribution is 9.10. The number of benzene rings is 1. The summed E-state index contributed by atoms with van der Waals surface area (Å²) in [7, 11) is 0. The number of carbonyl (C=O) groups is 1. The summed E-state index contributed by atoms with van der Waals surface area (Å²) in [6.45, 7) is 0. The highest BCUT2D eigenvalue weighted by Crippen LogP contribution is 2.46. The van der Waals surface area contributed by atoms with Gasteiger partial charge in [0.05, 0.1) is 20.6 Å². The van der Waals surface area contributed by atoms with Crippen LogP contribution >= 0.6 is 55.1 Å². The number of hydrogen-bond donors (Lipinski definition) is 2. The van der Waals surface area contributed by atoms with Crippen molar-refractivity contribution in [1.82, 2.24) is 9.78 Å². The second-order valence-corrected chi connectivity index (χ2v) is 9.06. The summed E-state index contributed by atoms with van der Waals surface area (Å²) in [6.07, 6.45) is -4.96. The Morgan fingerprint density at radius 2 is 1.97 bits per heavy atom. The van der Waals surface area contributed by atoms with Crippen LogP contribution in [0.1, 0.15) is 34.8 Å². The Hall–Kier alpha value is -1.69. The van der Waals surface area contributed by atoms with Crippen molar-refractivity contribution in [2.24, 2.45) is 0 Å². The fourth-order valence-corrected chi connectivity index (χ4v) is 4.37. The average molecular weight is 603 g/mol. The van der Waals surface area contributed by atoms with Crippen LogP contribution in [0.4, 0.5) is 24.7 Å². The van der Waals surface area contributed by atoms with Crippen LogP contribution in [0.3, 0.4) is 0 Å². The molecule has 2 aromatic heterocycles. The van der Waals surface area contributed by atoms with Crippen LogP contribution in [0.25, 0.3) is 0 Å². The maximum atomic E-state index is 13.8. The van der Waals surface area contributed by atoms with Gasteiger partial charge in [-0.2, -0.15) is 18.3 Å². The molecule has 0 radical (unpaired) electrons. The van der Waals surface area contributed by atoms with Gasteiger partial charge in [0, 0.05) is 12.1 Å². The van der Waals surface area contributed by atoms with E-state index in [2.05, 4.69) is 47.6 Å². The van der Waals surface area contributed by atoms with E-state index in [1.54, 1.807) is 12.1 Å². The first-order chi connectivity index (χ1) is 14.5. The molecule has 2 N–H and O–H groups in total. The van der Waals surface area contributed by atoms with Gasteiger partial charge in [0.1, 0.15) is 11.6 Å². The van der Waals surface area contributed by atoms with Crippen LogP contribution in [-0.2, 0) is 0 Å². The third kappa shape index (κ3) is 4.46. The van der Waals surface area contributed by atoms with Crippen LogP contribution in [0, 0.1) is 0 Å². The number of fused-ring (bicyclic) bond motifs is 1. The number of anilines is 2. The molecule has 1 amide bonds. The summed E-state index contributed by atoms with van der Waals surface area (Å²) in [6, 6.07) is 4.86. The fraction of sp³-hybridized carbons (Fsp3) is 0.222. The minimum absolute atomic E-state index is 0.0189. The third-order valence-electron chi connectivity index (χ3n) is 4.63. The molecule has 1 aliphatic rings. The summed E-state index contributed by atoms with van der Waals surface area (Å²) >= 11 is 18.2. The van der Waals surface area contributed by atoms with E-state index in [0.29, 0.717) is 21.1 Å². The molecule has 13 heteroatoms. The van der Waals surface area contributed by atoms with E-state index in [0.717, 1.165) is 4.68 Å². The molecular formula is C18H11Br2Cl2F3N4O2. The SMILES string of the molecule is O=C(Nc1ccc(Cl)c(Cl)c1)c1nn2c(c1Br)N[C@H](c1ccc(Br)o1)C[C@@H]2C(F)(F)F. The van der Waals surface area contributed by atoms with Gasteiger partial charge in [0.15, 0.2) is 16.4 Å². The molecule has 2 atom stereocenters. The lowest BCUT2D eigenvalue weighted by atomic mass is 10.0. The van der Waals surface area contributed by atoms with Crippen LogP contribution in [0.5, 0.6) is 0 Å². The minimum Gasteiger partial charge on any atom is -0.452 e. The molecule has 1 aromatic carbocycles. The monoisotopic (exact) mass is 600 g/mol. The van der Waals surface area contributed by atoms with Gasteiger partial charge in [0.2, 0.25) is 0 Å². The molecule has 164 valence electrons.